The number of aromatic nitrogens is 1. The maximum Gasteiger partial charge on any atom is 0.363 e. The van der Waals surface area contributed by atoms with E-state index in [2.05, 4.69) is 10.3 Å². The van der Waals surface area contributed by atoms with Crippen molar-refractivity contribution in [3.63, 3.8) is 0 Å². The number of amides is 3. The van der Waals surface area contributed by atoms with Gasteiger partial charge in [0.2, 0.25) is 17.7 Å². The largest absolute Gasteiger partial charge is 0.377 e. The average Bonchev–Trinajstić information content (AvgIpc) is 3.63. The van der Waals surface area contributed by atoms with Crippen molar-refractivity contribution in [2.45, 2.75) is 68.5 Å². The molecule has 0 unspecified atom stereocenters. The first-order chi connectivity index (χ1) is 22.4. The molecule has 5 heterocycles. The first kappa shape index (κ1) is 32.2. The van der Waals surface area contributed by atoms with Crippen LogP contribution < -0.4 is 10.2 Å². The van der Waals surface area contributed by atoms with Gasteiger partial charge in [-0.2, -0.15) is 0 Å². The van der Waals surface area contributed by atoms with Crippen LogP contribution >= 0.6 is 18.9 Å². The number of benzene rings is 1. The number of anilines is 1. The summed E-state index contributed by atoms with van der Waals surface area (Å²) in [6.45, 7) is 1.15. The molecule has 0 radical (unpaired) electrons. The molecule has 3 aliphatic heterocycles. The summed E-state index contributed by atoms with van der Waals surface area (Å²) in [6.07, 6.45) is 8.49. The highest BCUT2D eigenvalue weighted by Crippen LogP contribution is 2.53. The van der Waals surface area contributed by atoms with E-state index in [1.807, 2.05) is 36.2 Å². The molecule has 1 saturated carbocycles. The van der Waals surface area contributed by atoms with Gasteiger partial charge in [-0.05, 0) is 85.6 Å². The van der Waals surface area contributed by atoms with Crippen LogP contribution in [0.4, 0.5) is 10.1 Å². The van der Waals surface area contributed by atoms with Crippen LogP contribution in [0.25, 0.3) is 10.1 Å². The number of hydrogen-bond donors (Lipinski definition) is 3. The van der Waals surface area contributed by atoms with Gasteiger partial charge < -0.3 is 29.8 Å². The van der Waals surface area contributed by atoms with Crippen molar-refractivity contribution in [1.29, 1.82) is 0 Å². The molecule has 3 aromatic rings. The molecule has 0 bridgehead atoms. The van der Waals surface area contributed by atoms with Crippen molar-refractivity contribution in [3.8, 4) is 0 Å². The zero-order chi connectivity index (χ0) is 33.2. The molecule has 1 aromatic carbocycles. The number of nitrogens with zero attached hydrogens (tertiary/aromatic N) is 4. The molecule has 47 heavy (non-hydrogen) atoms. The van der Waals surface area contributed by atoms with E-state index in [9.17, 15) is 33.1 Å². The maximum absolute atomic E-state index is 14.3. The van der Waals surface area contributed by atoms with Crippen LogP contribution in [0.1, 0.15) is 71.2 Å². The van der Waals surface area contributed by atoms with E-state index in [-0.39, 0.29) is 29.3 Å². The first-order valence-corrected chi connectivity index (χ1v) is 18.6. The summed E-state index contributed by atoms with van der Waals surface area (Å²) in [5, 5.41) is 3.47. The highest BCUT2D eigenvalue weighted by atomic mass is 32.1. The van der Waals surface area contributed by atoms with Gasteiger partial charge in [0.1, 0.15) is 12.1 Å². The number of nitrogens with one attached hydrogen (secondary N) is 1. The standard InChI is InChI=1S/C33H39FN5O6PS/c1-37(2)26-9-10-35-15-24(26)22-16-38(17-22)33(42)27-7-6-23-12-18-3-4-19(18)13-25(32(41)39(23)27)36-31(40)29-14-21-11-20(5-8-28(21)47-29)30(34)46(43,44)45/h5,8-11,14-15,18-19,22-23,25,27,30H,3-4,6-7,12-13,16-17H2,1-2H3,(H,36,40)(H2,43,44,45)/t18-,19+,23+,25-,27-,30-/m0/s1. The van der Waals surface area contributed by atoms with Gasteiger partial charge in [0.05, 0.1) is 4.88 Å². The summed E-state index contributed by atoms with van der Waals surface area (Å²) in [6, 6.07) is 6.34. The minimum Gasteiger partial charge on any atom is -0.377 e. The highest BCUT2D eigenvalue weighted by molar-refractivity contribution is 7.51. The second-order valence-electron chi connectivity index (χ2n) is 13.7. The number of pyridine rings is 1. The van der Waals surface area contributed by atoms with Crippen LogP contribution in [0.5, 0.6) is 0 Å². The van der Waals surface area contributed by atoms with E-state index in [4.69, 9.17) is 0 Å². The predicted molar refractivity (Wildman–Crippen MR) is 176 cm³/mol. The molecule has 11 nitrogen and oxygen atoms in total. The van der Waals surface area contributed by atoms with Crippen LogP contribution in [0.15, 0.2) is 42.7 Å². The fraction of sp³-hybridized carbons (Fsp3) is 0.515. The number of halogens is 1. The summed E-state index contributed by atoms with van der Waals surface area (Å²) < 4.78 is 26.4. The minimum atomic E-state index is -4.98. The van der Waals surface area contributed by atoms with E-state index in [1.165, 1.54) is 29.5 Å². The van der Waals surface area contributed by atoms with Gasteiger partial charge in [-0.15, -0.1) is 11.3 Å². The van der Waals surface area contributed by atoms with Gasteiger partial charge in [-0.3, -0.25) is 23.9 Å². The van der Waals surface area contributed by atoms with Gasteiger partial charge in [0.25, 0.3) is 5.91 Å². The van der Waals surface area contributed by atoms with Crippen LogP contribution in [0.2, 0.25) is 0 Å². The summed E-state index contributed by atoms with van der Waals surface area (Å²) in [4.78, 5) is 70.6. The quantitative estimate of drug-likeness (QED) is 0.311. The summed E-state index contributed by atoms with van der Waals surface area (Å²) in [5.74, 6) is -2.17. The zero-order valence-corrected chi connectivity index (χ0v) is 28.0. The Balaban J connectivity index is 1.08. The molecular weight excluding hydrogens is 644 g/mol. The van der Waals surface area contributed by atoms with E-state index in [0.717, 1.165) is 36.9 Å². The predicted octanol–water partition coefficient (Wildman–Crippen LogP) is 4.41. The van der Waals surface area contributed by atoms with Crippen molar-refractivity contribution in [1.82, 2.24) is 20.1 Å². The number of hydrogen-bond acceptors (Lipinski definition) is 7. The SMILES string of the molecule is CN(C)c1ccncc1C1CN(C(=O)[C@@H]2CC[C@@H]3C[C@@H]4CC[C@@H]4C[C@H](NC(=O)c4cc5cc([C@@H](F)P(=O)(O)O)ccc5s4)C(=O)N32)C1. The lowest BCUT2D eigenvalue weighted by Gasteiger charge is -2.47. The fourth-order valence-electron chi connectivity index (χ4n) is 7.94. The molecule has 6 atom stereocenters. The number of likely N-dealkylation sites (tertiary alicyclic amines) is 1. The third-order valence-corrected chi connectivity index (χ3v) is 12.6. The Hall–Kier alpha value is -3.38. The molecule has 4 fully saturated rings. The van der Waals surface area contributed by atoms with Crippen molar-refractivity contribution < 1.29 is 33.1 Å². The molecule has 4 aliphatic rings. The Morgan fingerprint density at radius 3 is 2.53 bits per heavy atom. The van der Waals surface area contributed by atoms with Gasteiger partial charge in [0, 0.05) is 67.5 Å². The number of carbonyl (C=O) groups excluding carboxylic acids is 3. The van der Waals surface area contributed by atoms with E-state index in [0.29, 0.717) is 52.7 Å². The zero-order valence-electron chi connectivity index (χ0n) is 26.3. The van der Waals surface area contributed by atoms with E-state index < -0.39 is 31.5 Å². The van der Waals surface area contributed by atoms with Crippen LogP contribution in [-0.4, -0.2) is 87.6 Å². The second kappa shape index (κ2) is 12.3. The normalized spacial score (nSPS) is 26.8. The molecular formula is C33H39FN5O6PS. The van der Waals surface area contributed by atoms with Crippen molar-refractivity contribution >= 4 is 52.4 Å². The van der Waals surface area contributed by atoms with Gasteiger partial charge in [-0.1, -0.05) is 6.07 Å². The monoisotopic (exact) mass is 683 g/mol. The number of fused-ring (bicyclic) bond motifs is 3. The van der Waals surface area contributed by atoms with Crippen LogP contribution in [0.3, 0.4) is 0 Å². The smallest absolute Gasteiger partial charge is 0.363 e. The third kappa shape index (κ3) is 5.96. The minimum absolute atomic E-state index is 0.0369. The summed E-state index contributed by atoms with van der Waals surface area (Å²) in [5.41, 5.74) is 2.03. The second-order valence-corrected chi connectivity index (χ2v) is 16.4. The topological polar surface area (TPSA) is 143 Å². The first-order valence-electron chi connectivity index (χ1n) is 16.1. The fourth-order valence-corrected chi connectivity index (χ4v) is 9.43. The molecule has 3 N–H and O–H groups in total. The van der Waals surface area contributed by atoms with E-state index in [1.54, 1.807) is 17.2 Å². The molecule has 3 amide bonds. The van der Waals surface area contributed by atoms with Crippen molar-refractivity contribution in [3.05, 3.63) is 58.7 Å². The van der Waals surface area contributed by atoms with Crippen LogP contribution in [-0.2, 0) is 14.2 Å². The Morgan fingerprint density at radius 1 is 1.09 bits per heavy atom. The Bertz CT molecular complexity index is 1770. The van der Waals surface area contributed by atoms with Gasteiger partial charge >= 0.3 is 7.60 Å². The molecule has 14 heteroatoms. The molecule has 3 saturated heterocycles. The molecule has 2 aromatic heterocycles. The van der Waals surface area contributed by atoms with Crippen LogP contribution in [0, 0.1) is 11.8 Å². The Kier molecular flexibility index (Phi) is 8.39. The molecule has 1 aliphatic carbocycles. The third-order valence-electron chi connectivity index (χ3n) is 10.6. The number of alkyl halides is 1. The molecule has 7 rings (SSSR count). The number of rotatable bonds is 7. The van der Waals surface area contributed by atoms with Crippen molar-refractivity contribution in [2.75, 3.05) is 32.1 Å². The lowest BCUT2D eigenvalue weighted by Crippen LogP contribution is -2.61. The lowest BCUT2D eigenvalue weighted by molar-refractivity contribution is -0.151. The molecule has 0 spiro atoms. The number of thiophene rings is 1. The van der Waals surface area contributed by atoms with E-state index >= 15 is 0 Å². The lowest BCUT2D eigenvalue weighted by atomic mass is 9.67. The van der Waals surface area contributed by atoms with Gasteiger partial charge in [0.15, 0.2) is 0 Å². The summed E-state index contributed by atoms with van der Waals surface area (Å²) in [7, 11) is -1.00. The maximum atomic E-state index is 14.3. The Morgan fingerprint density at radius 2 is 1.83 bits per heavy atom. The van der Waals surface area contributed by atoms with Gasteiger partial charge in [-0.25, -0.2) is 4.39 Å². The number of carbonyl (C=O) groups is 3. The van der Waals surface area contributed by atoms with Crippen molar-refractivity contribution in [2.24, 2.45) is 11.8 Å². The Labute approximate surface area is 276 Å². The highest BCUT2D eigenvalue weighted by Gasteiger charge is 2.50. The average molecular weight is 684 g/mol. The summed E-state index contributed by atoms with van der Waals surface area (Å²) >= 11 is 1.17. The molecule has 250 valence electrons.